The monoisotopic (exact) mass is 1170 g/mol. The summed E-state index contributed by atoms with van der Waals surface area (Å²) >= 11 is 0. The zero-order valence-corrected chi connectivity index (χ0v) is 45.2. The van der Waals surface area contributed by atoms with Gasteiger partial charge in [0.25, 0.3) is 0 Å². The van der Waals surface area contributed by atoms with Gasteiger partial charge in [0.1, 0.15) is 48.3 Å². The van der Waals surface area contributed by atoms with E-state index >= 15 is 0 Å². The Hall–Kier alpha value is -9.95. The van der Waals surface area contributed by atoms with Crippen LogP contribution in [0, 0.1) is 0 Å². The van der Waals surface area contributed by atoms with E-state index in [1.807, 2.05) is 0 Å². The number of carboxylic acids is 3. The van der Waals surface area contributed by atoms with Crippen LogP contribution >= 0.6 is 0 Å². The molecule has 0 spiro atoms. The second kappa shape index (κ2) is 35.6. The zero-order chi connectivity index (χ0) is 62.3. The largest absolute Gasteiger partial charge is 0.481 e. The molecule has 0 aromatic heterocycles. The molecule has 2 aromatic rings. The predicted octanol–water partition coefficient (Wildman–Crippen LogP) is -7.02. The van der Waals surface area contributed by atoms with Gasteiger partial charge in [0, 0.05) is 32.4 Å². The fourth-order valence-corrected chi connectivity index (χ4v) is 7.59. The molecule has 454 valence electrons. The van der Waals surface area contributed by atoms with Crippen molar-refractivity contribution in [3.05, 3.63) is 71.8 Å². The predicted molar refractivity (Wildman–Crippen MR) is 294 cm³/mol. The van der Waals surface area contributed by atoms with Gasteiger partial charge in [-0.15, -0.1) is 0 Å². The third kappa shape index (κ3) is 27.7. The SMILES string of the molecule is C[C@H](NC(=O)[C@H](CC(N)=O)NC(=O)[C@@H](N)CCCN=C(N)N)C(=O)N[C@@H](CCC(=O)O)C(=O)N[C@@H](CC(N)=O)C(=O)N[C@@H](Cc1ccccc1)C(=O)N[C@@H](CC(=O)O)C(=O)N[C@@H](CCCN=C(N)N)C(=O)N[C@@H](Cc1ccccc1)C(=O)O. The number of hydrogen-bond donors (Lipinski definition) is 18. The van der Waals surface area contributed by atoms with Crippen LogP contribution < -0.4 is 82.7 Å². The Labute approximate surface area is 474 Å². The normalized spacial score (nSPS) is 14.0. The summed E-state index contributed by atoms with van der Waals surface area (Å²) in [5.74, 6) is -16.5. The smallest absolute Gasteiger partial charge is 0.326 e. The number of amides is 10. The van der Waals surface area contributed by atoms with Crippen LogP contribution in [0.15, 0.2) is 70.6 Å². The molecular formula is C50H73N17O16. The highest BCUT2D eigenvalue weighted by Gasteiger charge is 2.36. The summed E-state index contributed by atoms with van der Waals surface area (Å²) in [7, 11) is 0. The lowest BCUT2D eigenvalue weighted by molar-refractivity contribution is -0.143. The third-order valence-electron chi connectivity index (χ3n) is 11.8. The molecular weight excluding hydrogens is 1090 g/mol. The maximum Gasteiger partial charge on any atom is 0.326 e. The first-order valence-corrected chi connectivity index (χ1v) is 25.7. The standard InChI is InChI=1S/C50H73N17O16/c1-25(60-44(78)32(22-36(52)68)63-41(75)28(51)14-8-18-58-49(54)55)40(74)61-30(16-17-38(70)71)43(77)65-33(23-37(53)69)46(80)64-31(20-26-10-4-2-5-11-26)45(79)66-34(24-39(72)73)47(81)62-29(15-9-19-59-50(56)57)42(76)67-35(48(82)83)21-27-12-6-3-7-13-27/h2-7,10-13,25,28-35H,8-9,14-24,51H2,1H3,(H2,52,68)(H2,53,69)(H,60,78)(H,61,74)(H,62,81)(H,63,75)(H,64,80)(H,65,77)(H,66,79)(H,67,76)(H,70,71)(H,72,73)(H,82,83)(H4,54,55,58)(H4,56,57,59)/t25-,28-,29-,30-,31-,32-,33-,34-,35-/m0/s1. The number of nitrogens with one attached hydrogen (secondary N) is 8. The van der Waals surface area contributed by atoms with Crippen molar-refractivity contribution >= 4 is 88.9 Å². The van der Waals surface area contributed by atoms with E-state index in [9.17, 15) is 77.6 Å². The number of guanidine groups is 2. The van der Waals surface area contributed by atoms with Crippen LogP contribution in [0.1, 0.15) is 75.8 Å². The summed E-state index contributed by atoms with van der Waals surface area (Å²) in [5.41, 5.74) is 39.0. The first-order chi connectivity index (χ1) is 39.1. The second-order valence-electron chi connectivity index (χ2n) is 18.8. The van der Waals surface area contributed by atoms with Gasteiger partial charge in [-0.2, -0.15) is 0 Å². The van der Waals surface area contributed by atoms with Gasteiger partial charge >= 0.3 is 17.9 Å². The number of carbonyl (C=O) groups is 13. The molecule has 33 heteroatoms. The number of rotatable bonds is 38. The van der Waals surface area contributed by atoms with Crippen molar-refractivity contribution in [1.29, 1.82) is 0 Å². The molecule has 0 unspecified atom stereocenters. The molecule has 0 aliphatic rings. The van der Waals surface area contributed by atoms with E-state index in [1.54, 1.807) is 48.5 Å². The summed E-state index contributed by atoms with van der Waals surface area (Å²) in [6.07, 6.45) is -4.82. The zero-order valence-electron chi connectivity index (χ0n) is 45.2. The summed E-state index contributed by atoms with van der Waals surface area (Å²) in [4.78, 5) is 178. The van der Waals surface area contributed by atoms with Crippen LogP contribution in [0.25, 0.3) is 0 Å². The molecule has 0 saturated heterocycles. The van der Waals surface area contributed by atoms with Crippen molar-refractivity contribution in [2.45, 2.75) is 132 Å². The van der Waals surface area contributed by atoms with Crippen molar-refractivity contribution in [1.82, 2.24) is 42.5 Å². The number of primary amides is 2. The summed E-state index contributed by atoms with van der Waals surface area (Å²) in [5, 5.41) is 47.6. The highest BCUT2D eigenvalue weighted by Crippen LogP contribution is 2.11. The van der Waals surface area contributed by atoms with E-state index in [-0.39, 0.29) is 57.1 Å². The van der Waals surface area contributed by atoms with Gasteiger partial charge in [-0.25, -0.2) is 4.79 Å². The number of carboxylic acid groups (broad SMARTS) is 3. The molecule has 0 aliphatic heterocycles. The number of aliphatic carboxylic acids is 3. The van der Waals surface area contributed by atoms with E-state index in [1.165, 1.54) is 12.1 Å². The molecule has 0 saturated carbocycles. The van der Waals surface area contributed by atoms with Gasteiger partial charge in [0.2, 0.25) is 59.1 Å². The molecule has 0 aliphatic carbocycles. The Morgan fingerprint density at radius 3 is 1.23 bits per heavy atom. The molecule has 0 radical (unpaired) electrons. The maximum atomic E-state index is 14.2. The Morgan fingerprint density at radius 2 is 0.783 bits per heavy atom. The van der Waals surface area contributed by atoms with E-state index in [2.05, 4.69) is 52.5 Å². The molecule has 25 N–H and O–H groups in total. The minimum absolute atomic E-state index is 0.0193. The molecule has 2 rings (SSSR count). The average Bonchev–Trinajstić information content (AvgIpc) is 3.47. The summed E-state index contributed by atoms with van der Waals surface area (Å²) < 4.78 is 0. The van der Waals surface area contributed by atoms with Gasteiger partial charge in [0.15, 0.2) is 11.9 Å². The van der Waals surface area contributed by atoms with E-state index in [4.69, 9.17) is 40.1 Å². The molecule has 10 amide bonds. The van der Waals surface area contributed by atoms with Crippen LogP contribution in [0.4, 0.5) is 0 Å². The van der Waals surface area contributed by atoms with Crippen molar-refractivity contribution in [3.63, 3.8) is 0 Å². The Morgan fingerprint density at radius 1 is 0.422 bits per heavy atom. The lowest BCUT2D eigenvalue weighted by atomic mass is 10.0. The second-order valence-corrected chi connectivity index (χ2v) is 18.8. The highest BCUT2D eigenvalue weighted by molar-refractivity contribution is 6.00. The lowest BCUT2D eigenvalue weighted by Crippen LogP contribution is -2.61. The lowest BCUT2D eigenvalue weighted by Gasteiger charge is -2.27. The molecule has 0 bridgehead atoms. The fourth-order valence-electron chi connectivity index (χ4n) is 7.59. The minimum atomic E-state index is -2.00. The van der Waals surface area contributed by atoms with Crippen LogP contribution in [-0.2, 0) is 75.2 Å². The molecule has 2 aromatic carbocycles. The third-order valence-corrected chi connectivity index (χ3v) is 11.8. The number of carbonyl (C=O) groups excluding carboxylic acids is 10. The highest BCUT2D eigenvalue weighted by atomic mass is 16.4. The van der Waals surface area contributed by atoms with E-state index < -0.39 is 170 Å². The topological polar surface area (TPSA) is 586 Å². The first kappa shape index (κ1) is 69.2. The fraction of sp³-hybridized carbons (Fsp3) is 0.460. The Bertz CT molecular complexity index is 2670. The minimum Gasteiger partial charge on any atom is -0.481 e. The van der Waals surface area contributed by atoms with E-state index in [0.29, 0.717) is 11.1 Å². The van der Waals surface area contributed by atoms with Crippen molar-refractivity contribution in [2.75, 3.05) is 13.1 Å². The van der Waals surface area contributed by atoms with Crippen LogP contribution in [0.3, 0.4) is 0 Å². The van der Waals surface area contributed by atoms with Crippen molar-refractivity contribution in [2.24, 2.45) is 50.1 Å². The van der Waals surface area contributed by atoms with Gasteiger partial charge in [0.05, 0.1) is 25.3 Å². The molecule has 0 fully saturated rings. The molecule has 83 heavy (non-hydrogen) atoms. The number of aliphatic imine (C=N–C) groups is 2. The van der Waals surface area contributed by atoms with Gasteiger partial charge in [-0.1, -0.05) is 60.7 Å². The number of nitrogens with zero attached hydrogens (tertiary/aromatic N) is 2. The quantitative estimate of drug-likeness (QED) is 0.0169. The molecule has 33 nitrogen and oxygen atoms in total. The Kier molecular flexibility index (Phi) is 29.7. The summed E-state index contributed by atoms with van der Waals surface area (Å²) in [6, 6.07) is 0.860. The van der Waals surface area contributed by atoms with Crippen LogP contribution in [0.5, 0.6) is 0 Å². The number of benzene rings is 2. The number of nitrogens with two attached hydrogens (primary N) is 7. The van der Waals surface area contributed by atoms with Crippen molar-refractivity contribution < 1.29 is 77.6 Å². The summed E-state index contributed by atoms with van der Waals surface area (Å²) in [6.45, 7) is 1.17. The van der Waals surface area contributed by atoms with E-state index in [0.717, 1.165) is 6.92 Å². The van der Waals surface area contributed by atoms with Gasteiger partial charge < -0.3 is 98.0 Å². The maximum absolute atomic E-state index is 14.2. The first-order valence-electron chi connectivity index (χ1n) is 25.7. The van der Waals surface area contributed by atoms with Crippen molar-refractivity contribution in [3.8, 4) is 0 Å². The Balaban J connectivity index is 2.43. The number of hydrogen-bond acceptors (Lipinski definition) is 16. The average molecular weight is 1170 g/mol. The molecule has 9 atom stereocenters. The van der Waals surface area contributed by atoms with Gasteiger partial charge in [-0.3, -0.25) is 67.5 Å². The van der Waals surface area contributed by atoms with Crippen LogP contribution in [-0.4, -0.2) is 172 Å². The van der Waals surface area contributed by atoms with Crippen LogP contribution in [0.2, 0.25) is 0 Å². The molecule has 0 heterocycles. The van der Waals surface area contributed by atoms with Gasteiger partial charge in [-0.05, 0) is 50.2 Å².